The predicted molar refractivity (Wildman–Crippen MR) is 165 cm³/mol. The Morgan fingerprint density at radius 3 is 2.26 bits per heavy atom. The molecule has 0 radical (unpaired) electrons. The summed E-state index contributed by atoms with van der Waals surface area (Å²) in [4.78, 5) is 29.0. The summed E-state index contributed by atoms with van der Waals surface area (Å²) in [6, 6.07) is 16.9. The highest BCUT2D eigenvalue weighted by molar-refractivity contribution is 7.92. The molecule has 1 aliphatic rings. The largest absolute Gasteiger partial charge is 0.494 e. The maximum atomic E-state index is 14.2. The summed E-state index contributed by atoms with van der Waals surface area (Å²) in [5.74, 6) is -0.955. The lowest BCUT2D eigenvalue weighted by Gasteiger charge is -2.34. The van der Waals surface area contributed by atoms with Crippen molar-refractivity contribution in [3.63, 3.8) is 0 Å². The number of anilines is 1. The van der Waals surface area contributed by atoms with Crippen LogP contribution >= 0.6 is 11.6 Å². The third kappa shape index (κ3) is 8.06. The molecule has 1 saturated carbocycles. The smallest absolute Gasteiger partial charge is 0.264 e. The number of hydrogen-bond acceptors (Lipinski definition) is 5. The fraction of sp³-hybridized carbons (Fsp3) is 0.375. The van der Waals surface area contributed by atoms with Gasteiger partial charge in [-0.15, -0.1) is 0 Å². The maximum Gasteiger partial charge on any atom is 0.264 e. The van der Waals surface area contributed by atoms with Crippen molar-refractivity contribution in [3.8, 4) is 5.75 Å². The number of nitrogens with zero attached hydrogens (tertiary/aromatic N) is 2. The Labute approximate surface area is 257 Å². The number of hydrogen-bond donors (Lipinski definition) is 1. The summed E-state index contributed by atoms with van der Waals surface area (Å²) in [5.41, 5.74) is 0.720. The second-order valence-corrected chi connectivity index (χ2v) is 12.7. The number of amides is 2. The van der Waals surface area contributed by atoms with Crippen LogP contribution in [0, 0.1) is 5.82 Å². The molecule has 43 heavy (non-hydrogen) atoms. The van der Waals surface area contributed by atoms with Crippen LogP contribution < -0.4 is 14.4 Å². The predicted octanol–water partition coefficient (Wildman–Crippen LogP) is 5.94. The van der Waals surface area contributed by atoms with E-state index in [1.807, 2.05) is 6.92 Å². The molecular weight excluding hydrogens is 593 g/mol. The molecular formula is C32H37ClFN3O5S. The first-order chi connectivity index (χ1) is 20.6. The van der Waals surface area contributed by atoms with Crippen LogP contribution in [0.4, 0.5) is 10.1 Å². The topological polar surface area (TPSA) is 96.0 Å². The zero-order valence-corrected chi connectivity index (χ0v) is 25.9. The Balaban J connectivity index is 1.71. The molecule has 3 aromatic carbocycles. The van der Waals surface area contributed by atoms with Crippen molar-refractivity contribution in [1.82, 2.24) is 10.2 Å². The molecule has 230 valence electrons. The highest BCUT2D eigenvalue weighted by atomic mass is 35.5. The van der Waals surface area contributed by atoms with E-state index in [-0.39, 0.29) is 29.1 Å². The van der Waals surface area contributed by atoms with Crippen molar-refractivity contribution in [2.75, 3.05) is 17.5 Å². The number of carbonyl (C=O) groups is 2. The van der Waals surface area contributed by atoms with E-state index in [0.717, 1.165) is 42.1 Å². The van der Waals surface area contributed by atoms with Crippen LogP contribution in [-0.4, -0.2) is 50.4 Å². The van der Waals surface area contributed by atoms with E-state index in [0.29, 0.717) is 29.4 Å². The van der Waals surface area contributed by atoms with Gasteiger partial charge in [0.2, 0.25) is 11.8 Å². The summed E-state index contributed by atoms with van der Waals surface area (Å²) < 4.78 is 48.2. The van der Waals surface area contributed by atoms with E-state index < -0.39 is 34.3 Å². The summed E-state index contributed by atoms with van der Waals surface area (Å²) in [7, 11) is -4.30. The van der Waals surface area contributed by atoms with Gasteiger partial charge in [-0.3, -0.25) is 13.9 Å². The minimum atomic E-state index is -4.30. The van der Waals surface area contributed by atoms with Gasteiger partial charge in [0.05, 0.1) is 17.2 Å². The highest BCUT2D eigenvalue weighted by Gasteiger charge is 2.35. The average molecular weight is 630 g/mol. The summed E-state index contributed by atoms with van der Waals surface area (Å²) in [6.45, 7) is 3.41. The van der Waals surface area contributed by atoms with E-state index in [9.17, 15) is 22.4 Å². The van der Waals surface area contributed by atoms with Gasteiger partial charge in [0.1, 0.15) is 24.2 Å². The molecule has 8 nitrogen and oxygen atoms in total. The number of rotatable bonds is 13. The van der Waals surface area contributed by atoms with Crippen molar-refractivity contribution >= 4 is 39.1 Å². The van der Waals surface area contributed by atoms with Crippen LogP contribution in [0.1, 0.15) is 51.5 Å². The molecule has 0 heterocycles. The van der Waals surface area contributed by atoms with Crippen LogP contribution in [0.15, 0.2) is 77.7 Å². The third-order valence-electron chi connectivity index (χ3n) is 7.50. The van der Waals surface area contributed by atoms with Crippen molar-refractivity contribution in [2.24, 2.45) is 0 Å². The minimum absolute atomic E-state index is 0.00450. The van der Waals surface area contributed by atoms with Gasteiger partial charge in [-0.25, -0.2) is 12.8 Å². The van der Waals surface area contributed by atoms with Gasteiger partial charge >= 0.3 is 0 Å². The normalized spacial score (nSPS) is 14.2. The second-order valence-electron chi connectivity index (χ2n) is 10.4. The number of carbonyl (C=O) groups excluding carboxylic acids is 2. The van der Waals surface area contributed by atoms with Gasteiger partial charge < -0.3 is 15.0 Å². The van der Waals surface area contributed by atoms with Crippen molar-refractivity contribution < 1.29 is 27.1 Å². The maximum absolute atomic E-state index is 14.2. The molecule has 0 aromatic heterocycles. The van der Waals surface area contributed by atoms with Gasteiger partial charge in [0.15, 0.2) is 0 Å². The SMILES string of the molecule is CCOc1ccc(S(=O)(=O)N(CC(=O)N(Cc2ccccc2Cl)[C@@H](CC)C(=O)NC2CCCC2)c2ccc(F)cc2)cc1. The molecule has 0 aliphatic heterocycles. The van der Waals surface area contributed by atoms with Gasteiger partial charge in [0, 0.05) is 17.6 Å². The number of sulfonamides is 1. The third-order valence-corrected chi connectivity index (χ3v) is 9.66. The zero-order chi connectivity index (χ0) is 31.0. The first-order valence-corrected chi connectivity index (χ1v) is 16.3. The summed E-state index contributed by atoms with van der Waals surface area (Å²) >= 11 is 6.45. The fourth-order valence-electron chi connectivity index (χ4n) is 5.23. The van der Waals surface area contributed by atoms with Crippen molar-refractivity contribution in [1.29, 1.82) is 0 Å². The van der Waals surface area contributed by atoms with Gasteiger partial charge in [-0.2, -0.15) is 0 Å². The molecule has 0 saturated heterocycles. The first kappa shape index (κ1) is 32.3. The minimum Gasteiger partial charge on any atom is -0.494 e. The lowest BCUT2D eigenvalue weighted by molar-refractivity contribution is -0.140. The molecule has 2 amide bonds. The molecule has 1 N–H and O–H groups in total. The number of benzene rings is 3. The average Bonchev–Trinajstić information content (AvgIpc) is 3.50. The zero-order valence-electron chi connectivity index (χ0n) is 24.3. The van der Waals surface area contributed by atoms with Gasteiger partial charge in [-0.05, 0) is 86.3 Å². The lowest BCUT2D eigenvalue weighted by atomic mass is 10.1. The Bertz CT molecular complexity index is 1500. The number of halogens is 2. The molecule has 3 aromatic rings. The summed E-state index contributed by atoms with van der Waals surface area (Å²) in [5, 5.41) is 3.50. The van der Waals surface area contributed by atoms with Crippen molar-refractivity contribution in [2.45, 2.75) is 69.5 Å². The van der Waals surface area contributed by atoms with E-state index >= 15 is 0 Å². The van der Waals surface area contributed by atoms with E-state index in [2.05, 4.69) is 5.32 Å². The quantitative estimate of drug-likeness (QED) is 0.253. The van der Waals surface area contributed by atoms with Crippen LogP contribution in [0.5, 0.6) is 5.75 Å². The highest BCUT2D eigenvalue weighted by Crippen LogP contribution is 2.27. The molecule has 4 rings (SSSR count). The molecule has 1 fully saturated rings. The molecule has 1 aliphatic carbocycles. The van der Waals surface area contributed by atoms with E-state index in [1.165, 1.54) is 41.3 Å². The van der Waals surface area contributed by atoms with Crippen LogP contribution in [0.2, 0.25) is 5.02 Å². The molecule has 0 bridgehead atoms. The van der Waals surface area contributed by atoms with Crippen LogP contribution in [0.25, 0.3) is 0 Å². The fourth-order valence-corrected chi connectivity index (χ4v) is 6.84. The van der Waals surface area contributed by atoms with Crippen molar-refractivity contribution in [3.05, 3.63) is 89.2 Å². The second kappa shape index (κ2) is 14.7. The Morgan fingerprint density at radius 2 is 1.65 bits per heavy atom. The van der Waals surface area contributed by atoms with Crippen LogP contribution in [-0.2, 0) is 26.2 Å². The Morgan fingerprint density at radius 1 is 1.00 bits per heavy atom. The number of nitrogens with one attached hydrogen (secondary N) is 1. The summed E-state index contributed by atoms with van der Waals surface area (Å²) in [6.07, 6.45) is 4.11. The van der Waals surface area contributed by atoms with Gasteiger partial charge in [0.25, 0.3) is 10.0 Å². The Hall–Kier alpha value is -3.63. The van der Waals surface area contributed by atoms with Crippen LogP contribution in [0.3, 0.4) is 0 Å². The molecule has 1 atom stereocenters. The van der Waals surface area contributed by atoms with E-state index in [4.69, 9.17) is 16.3 Å². The standard InChI is InChI=1S/C32H37ClFN3O5S/c1-3-30(32(39)35-25-10-6-7-11-25)36(21-23-9-5-8-12-29(23)33)31(38)22-37(26-15-13-24(34)14-16-26)43(40,41)28-19-17-27(18-20-28)42-4-2/h5,8-9,12-20,25,30H,3-4,6-7,10-11,21-22H2,1-2H3,(H,35,39)/t30-/m0/s1. The van der Waals surface area contributed by atoms with E-state index in [1.54, 1.807) is 31.2 Å². The number of ether oxygens (including phenoxy) is 1. The molecule has 0 spiro atoms. The monoisotopic (exact) mass is 629 g/mol. The first-order valence-electron chi connectivity index (χ1n) is 14.5. The molecule has 11 heteroatoms. The molecule has 0 unspecified atom stereocenters. The van der Waals surface area contributed by atoms with Gasteiger partial charge in [-0.1, -0.05) is 49.6 Å². The lowest BCUT2D eigenvalue weighted by Crippen LogP contribution is -2.53. The Kier molecular flexibility index (Phi) is 11.0.